The van der Waals surface area contributed by atoms with Crippen LogP contribution in [0.1, 0.15) is 36.2 Å². The Hall–Kier alpha value is -1.23. The molecule has 1 heterocycles. The summed E-state index contributed by atoms with van der Waals surface area (Å²) in [4.78, 5) is 5.71. The lowest BCUT2D eigenvalue weighted by molar-refractivity contribution is 0.241. The van der Waals surface area contributed by atoms with Crippen molar-refractivity contribution in [1.82, 2.24) is 10.3 Å². The minimum absolute atomic E-state index is 0.0765. The van der Waals surface area contributed by atoms with Gasteiger partial charge < -0.3 is 10.4 Å². The van der Waals surface area contributed by atoms with Gasteiger partial charge in [-0.2, -0.15) is 0 Å². The Kier molecular flexibility index (Phi) is 5.51. The van der Waals surface area contributed by atoms with E-state index in [9.17, 15) is 5.11 Å². The Labute approximate surface area is 131 Å². The summed E-state index contributed by atoms with van der Waals surface area (Å²) in [7, 11) is 0. The van der Waals surface area contributed by atoms with Crippen LogP contribution in [0.4, 0.5) is 0 Å². The maximum Gasteiger partial charge on any atom is 0.0981 e. The number of aliphatic hydroxyl groups excluding tert-OH is 1. The third kappa shape index (κ3) is 4.92. The standard InChI is InChI=1S/C17H24N2OS/c1-17(2,3)16-19-11-15(21-16)10-18-14(12-20)9-13-7-5-4-6-8-13/h4-8,11,14,18,20H,9-10,12H2,1-3H3/t14-/m1/s1. The molecule has 0 radical (unpaired) electrons. The number of rotatable bonds is 6. The third-order valence-corrected chi connectivity index (χ3v) is 4.73. The molecule has 0 amide bonds. The molecule has 4 heteroatoms. The van der Waals surface area contributed by atoms with Gasteiger partial charge in [0.15, 0.2) is 0 Å². The van der Waals surface area contributed by atoms with Gasteiger partial charge in [-0.15, -0.1) is 11.3 Å². The van der Waals surface area contributed by atoms with Gasteiger partial charge in [0.1, 0.15) is 0 Å². The number of hydrogen-bond acceptors (Lipinski definition) is 4. The monoisotopic (exact) mass is 304 g/mol. The zero-order valence-corrected chi connectivity index (χ0v) is 13.8. The molecule has 1 aromatic carbocycles. The van der Waals surface area contributed by atoms with Crippen LogP contribution in [-0.4, -0.2) is 22.7 Å². The van der Waals surface area contributed by atoms with Crippen molar-refractivity contribution in [2.75, 3.05) is 6.61 Å². The van der Waals surface area contributed by atoms with Crippen molar-refractivity contribution in [3.8, 4) is 0 Å². The molecule has 3 nitrogen and oxygen atoms in total. The first-order valence-electron chi connectivity index (χ1n) is 7.32. The van der Waals surface area contributed by atoms with Crippen molar-refractivity contribution in [2.24, 2.45) is 0 Å². The second-order valence-electron chi connectivity index (χ2n) is 6.33. The second kappa shape index (κ2) is 7.16. The molecule has 0 saturated heterocycles. The van der Waals surface area contributed by atoms with E-state index in [4.69, 9.17) is 0 Å². The van der Waals surface area contributed by atoms with E-state index in [2.05, 4.69) is 43.2 Å². The van der Waals surface area contributed by atoms with Crippen LogP contribution in [0, 0.1) is 0 Å². The number of aromatic nitrogens is 1. The SMILES string of the molecule is CC(C)(C)c1ncc(CN[C@@H](CO)Cc2ccccc2)s1. The molecule has 1 aromatic heterocycles. The van der Waals surface area contributed by atoms with E-state index in [1.165, 1.54) is 10.4 Å². The Morgan fingerprint density at radius 1 is 1.24 bits per heavy atom. The van der Waals surface area contributed by atoms with E-state index < -0.39 is 0 Å². The number of hydrogen-bond donors (Lipinski definition) is 2. The van der Waals surface area contributed by atoms with Crippen LogP contribution in [0.2, 0.25) is 0 Å². The number of benzene rings is 1. The van der Waals surface area contributed by atoms with Crippen molar-refractivity contribution >= 4 is 11.3 Å². The molecule has 0 aliphatic rings. The van der Waals surface area contributed by atoms with Crippen molar-refractivity contribution in [3.63, 3.8) is 0 Å². The summed E-state index contributed by atoms with van der Waals surface area (Å²) in [5.41, 5.74) is 1.34. The fourth-order valence-electron chi connectivity index (χ4n) is 2.08. The van der Waals surface area contributed by atoms with E-state index in [0.29, 0.717) is 0 Å². The van der Waals surface area contributed by atoms with E-state index in [1.807, 2.05) is 24.4 Å². The average Bonchev–Trinajstić information content (AvgIpc) is 2.93. The fourth-order valence-corrected chi connectivity index (χ4v) is 3.00. The smallest absolute Gasteiger partial charge is 0.0981 e. The Morgan fingerprint density at radius 3 is 2.52 bits per heavy atom. The zero-order chi connectivity index (χ0) is 15.3. The van der Waals surface area contributed by atoms with Crippen LogP contribution in [0.3, 0.4) is 0 Å². The summed E-state index contributed by atoms with van der Waals surface area (Å²) in [6, 6.07) is 10.3. The van der Waals surface area contributed by atoms with E-state index in [1.54, 1.807) is 11.3 Å². The van der Waals surface area contributed by atoms with Crippen LogP contribution in [0.15, 0.2) is 36.5 Å². The van der Waals surface area contributed by atoms with Crippen LogP contribution in [0.5, 0.6) is 0 Å². The summed E-state index contributed by atoms with van der Waals surface area (Å²) in [6.45, 7) is 7.42. The molecule has 2 aromatic rings. The Balaban J connectivity index is 1.90. The Bertz CT molecular complexity index is 545. The molecule has 0 aliphatic heterocycles. The number of thiazole rings is 1. The number of nitrogens with one attached hydrogen (secondary N) is 1. The minimum Gasteiger partial charge on any atom is -0.395 e. The highest BCUT2D eigenvalue weighted by atomic mass is 32.1. The van der Waals surface area contributed by atoms with Crippen molar-refractivity contribution in [2.45, 2.75) is 45.2 Å². The highest BCUT2D eigenvalue weighted by Gasteiger charge is 2.18. The van der Waals surface area contributed by atoms with E-state index in [-0.39, 0.29) is 18.1 Å². The van der Waals surface area contributed by atoms with Crippen LogP contribution in [-0.2, 0) is 18.4 Å². The molecule has 0 aliphatic carbocycles. The molecule has 0 fully saturated rings. The maximum absolute atomic E-state index is 9.53. The molecule has 0 saturated carbocycles. The highest BCUT2D eigenvalue weighted by molar-refractivity contribution is 7.11. The molecule has 1 atom stereocenters. The van der Waals surface area contributed by atoms with Gasteiger partial charge in [0.25, 0.3) is 0 Å². The lowest BCUT2D eigenvalue weighted by Crippen LogP contribution is -2.33. The van der Waals surface area contributed by atoms with Crippen molar-refractivity contribution in [3.05, 3.63) is 52.0 Å². The fraction of sp³-hybridized carbons (Fsp3) is 0.471. The first-order chi connectivity index (χ1) is 9.99. The first-order valence-corrected chi connectivity index (χ1v) is 8.14. The van der Waals surface area contributed by atoms with Crippen molar-refractivity contribution < 1.29 is 5.11 Å². The molecule has 0 unspecified atom stereocenters. The summed E-state index contributed by atoms with van der Waals surface area (Å²) < 4.78 is 0. The van der Waals surface area contributed by atoms with Crippen LogP contribution >= 0.6 is 11.3 Å². The largest absolute Gasteiger partial charge is 0.395 e. The van der Waals surface area contributed by atoms with E-state index in [0.717, 1.165) is 18.0 Å². The molecule has 0 spiro atoms. The van der Waals surface area contributed by atoms with Gasteiger partial charge >= 0.3 is 0 Å². The number of aliphatic hydroxyl groups is 1. The van der Waals surface area contributed by atoms with Gasteiger partial charge in [0.2, 0.25) is 0 Å². The van der Waals surface area contributed by atoms with Gasteiger partial charge in [-0.1, -0.05) is 51.1 Å². The van der Waals surface area contributed by atoms with E-state index >= 15 is 0 Å². The summed E-state index contributed by atoms with van der Waals surface area (Å²) >= 11 is 1.74. The predicted octanol–water partition coefficient (Wildman–Crippen LogP) is 3.13. The zero-order valence-electron chi connectivity index (χ0n) is 13.0. The summed E-state index contributed by atoms with van der Waals surface area (Å²) in [6.07, 6.45) is 2.78. The van der Waals surface area contributed by atoms with Gasteiger partial charge in [-0.05, 0) is 12.0 Å². The molecular weight excluding hydrogens is 280 g/mol. The highest BCUT2D eigenvalue weighted by Crippen LogP contribution is 2.26. The normalized spacial score (nSPS) is 13.3. The van der Waals surface area contributed by atoms with Crippen LogP contribution < -0.4 is 5.32 Å². The second-order valence-corrected chi connectivity index (χ2v) is 7.45. The van der Waals surface area contributed by atoms with Crippen LogP contribution in [0.25, 0.3) is 0 Å². The van der Waals surface area contributed by atoms with Gasteiger partial charge in [-0.3, -0.25) is 0 Å². The first kappa shape index (κ1) is 16.1. The lowest BCUT2D eigenvalue weighted by Gasteiger charge is -2.16. The molecule has 2 N–H and O–H groups in total. The Morgan fingerprint density at radius 2 is 1.95 bits per heavy atom. The molecule has 2 rings (SSSR count). The van der Waals surface area contributed by atoms with Gasteiger partial charge in [-0.25, -0.2) is 4.98 Å². The van der Waals surface area contributed by atoms with Crippen molar-refractivity contribution in [1.29, 1.82) is 0 Å². The third-order valence-electron chi connectivity index (χ3n) is 3.31. The lowest BCUT2D eigenvalue weighted by atomic mass is 9.98. The topological polar surface area (TPSA) is 45.2 Å². The molecule has 21 heavy (non-hydrogen) atoms. The van der Waals surface area contributed by atoms with Gasteiger partial charge in [0.05, 0.1) is 11.6 Å². The summed E-state index contributed by atoms with van der Waals surface area (Å²) in [5, 5.41) is 14.1. The summed E-state index contributed by atoms with van der Waals surface area (Å²) in [5.74, 6) is 0. The molecule has 0 bridgehead atoms. The molecule has 114 valence electrons. The molecular formula is C17H24N2OS. The predicted molar refractivity (Wildman–Crippen MR) is 88.7 cm³/mol. The maximum atomic E-state index is 9.53. The van der Waals surface area contributed by atoms with Gasteiger partial charge in [0, 0.05) is 29.1 Å². The average molecular weight is 304 g/mol. The number of nitrogens with zero attached hydrogens (tertiary/aromatic N) is 1. The quantitative estimate of drug-likeness (QED) is 0.862. The minimum atomic E-state index is 0.0765.